The minimum Gasteiger partial charge on any atom is -0.484 e. The molecule has 0 radical (unpaired) electrons. The first-order chi connectivity index (χ1) is 9.10. The Bertz CT molecular complexity index is 552. The van der Waals surface area contributed by atoms with Gasteiger partial charge in [0.1, 0.15) is 11.5 Å². The molecular formula is C14H15NO4. The van der Waals surface area contributed by atoms with Crippen LogP contribution in [-0.2, 0) is 11.3 Å². The zero-order valence-electron chi connectivity index (χ0n) is 11.1. The number of hydrogen-bond donors (Lipinski definition) is 0. The van der Waals surface area contributed by atoms with Gasteiger partial charge < -0.3 is 13.9 Å². The molecule has 0 saturated carbocycles. The van der Waals surface area contributed by atoms with Gasteiger partial charge in [0, 0.05) is 0 Å². The molecule has 0 saturated heterocycles. The second kappa shape index (κ2) is 5.56. The van der Waals surface area contributed by atoms with Gasteiger partial charge in [0.25, 0.3) is 0 Å². The van der Waals surface area contributed by atoms with E-state index in [4.69, 9.17) is 9.15 Å². The van der Waals surface area contributed by atoms with E-state index in [1.54, 1.807) is 24.3 Å². The van der Waals surface area contributed by atoms with Crippen LogP contribution in [0.5, 0.6) is 5.75 Å². The molecule has 1 heterocycles. The van der Waals surface area contributed by atoms with E-state index in [-0.39, 0.29) is 12.6 Å². The highest BCUT2D eigenvalue weighted by atomic mass is 16.5. The Morgan fingerprint density at radius 1 is 1.26 bits per heavy atom. The number of hydrogen-bond acceptors (Lipinski definition) is 5. The largest absolute Gasteiger partial charge is 0.484 e. The molecule has 0 amide bonds. The summed E-state index contributed by atoms with van der Waals surface area (Å²) in [6.45, 7) is 4.00. The van der Waals surface area contributed by atoms with Crippen LogP contribution in [0.4, 0.5) is 0 Å². The van der Waals surface area contributed by atoms with Crippen molar-refractivity contribution < 1.29 is 18.7 Å². The van der Waals surface area contributed by atoms with Crippen molar-refractivity contribution in [3.05, 3.63) is 47.2 Å². The number of methoxy groups -OCH3 is 1. The van der Waals surface area contributed by atoms with E-state index < -0.39 is 0 Å². The fourth-order valence-corrected chi connectivity index (χ4v) is 1.55. The third-order valence-electron chi connectivity index (χ3n) is 2.71. The van der Waals surface area contributed by atoms with Crippen LogP contribution < -0.4 is 4.74 Å². The van der Waals surface area contributed by atoms with Gasteiger partial charge >= 0.3 is 5.97 Å². The molecule has 0 aliphatic rings. The highest BCUT2D eigenvalue weighted by molar-refractivity contribution is 5.89. The smallest absolute Gasteiger partial charge is 0.337 e. The number of aromatic nitrogens is 1. The summed E-state index contributed by atoms with van der Waals surface area (Å²) in [5, 5.41) is 0. The number of oxazole rings is 1. The maximum atomic E-state index is 11.3. The number of carbonyl (C=O) groups is 1. The van der Waals surface area contributed by atoms with Crippen molar-refractivity contribution >= 4 is 5.97 Å². The fourth-order valence-electron chi connectivity index (χ4n) is 1.55. The predicted molar refractivity (Wildman–Crippen MR) is 68.1 cm³/mol. The molecule has 0 bridgehead atoms. The fraction of sp³-hybridized carbons (Fsp3) is 0.286. The van der Waals surface area contributed by atoms with Crippen molar-refractivity contribution in [1.29, 1.82) is 0 Å². The van der Waals surface area contributed by atoms with Crippen LogP contribution in [0.3, 0.4) is 0 Å². The molecule has 100 valence electrons. The Labute approximate surface area is 111 Å². The molecule has 0 aliphatic carbocycles. The van der Waals surface area contributed by atoms with Crippen LogP contribution in [0.15, 0.2) is 28.7 Å². The molecule has 0 aliphatic heterocycles. The summed E-state index contributed by atoms with van der Waals surface area (Å²) in [7, 11) is 1.35. The summed E-state index contributed by atoms with van der Waals surface area (Å²) in [5.74, 6) is 1.60. The van der Waals surface area contributed by atoms with Crippen LogP contribution in [0.1, 0.15) is 27.7 Å². The van der Waals surface area contributed by atoms with E-state index in [0.29, 0.717) is 17.2 Å². The Morgan fingerprint density at radius 2 is 1.95 bits per heavy atom. The molecular weight excluding hydrogens is 246 g/mol. The number of carbonyl (C=O) groups excluding carboxylic acids is 1. The van der Waals surface area contributed by atoms with Crippen molar-refractivity contribution in [1.82, 2.24) is 4.98 Å². The summed E-state index contributed by atoms with van der Waals surface area (Å²) in [6.07, 6.45) is 0. The second-order valence-corrected chi connectivity index (χ2v) is 4.05. The van der Waals surface area contributed by atoms with Crippen molar-refractivity contribution in [2.45, 2.75) is 20.5 Å². The van der Waals surface area contributed by atoms with E-state index in [9.17, 15) is 4.79 Å². The number of nitrogens with zero attached hydrogens (tertiary/aromatic N) is 1. The van der Waals surface area contributed by atoms with Crippen molar-refractivity contribution in [2.75, 3.05) is 7.11 Å². The first-order valence-electron chi connectivity index (χ1n) is 5.84. The monoisotopic (exact) mass is 261 g/mol. The van der Waals surface area contributed by atoms with Crippen LogP contribution in [-0.4, -0.2) is 18.1 Å². The van der Waals surface area contributed by atoms with Gasteiger partial charge in [0.05, 0.1) is 18.4 Å². The molecule has 0 unspecified atom stereocenters. The number of rotatable bonds is 4. The molecule has 0 N–H and O–H groups in total. The predicted octanol–water partition coefficient (Wildman–Crippen LogP) is 2.66. The number of benzene rings is 1. The summed E-state index contributed by atoms with van der Waals surface area (Å²) < 4.78 is 15.5. The average Bonchev–Trinajstić information content (AvgIpc) is 2.75. The summed E-state index contributed by atoms with van der Waals surface area (Å²) >= 11 is 0. The van der Waals surface area contributed by atoms with Gasteiger partial charge in [-0.05, 0) is 38.1 Å². The lowest BCUT2D eigenvalue weighted by atomic mass is 10.2. The highest BCUT2D eigenvalue weighted by Gasteiger charge is 2.07. The lowest BCUT2D eigenvalue weighted by Gasteiger charge is -2.04. The van der Waals surface area contributed by atoms with Gasteiger partial charge in [-0.3, -0.25) is 0 Å². The second-order valence-electron chi connectivity index (χ2n) is 4.05. The zero-order valence-corrected chi connectivity index (χ0v) is 11.1. The lowest BCUT2D eigenvalue weighted by Crippen LogP contribution is -2.01. The molecule has 0 atom stereocenters. The minimum atomic E-state index is -0.370. The van der Waals surface area contributed by atoms with Crippen LogP contribution >= 0.6 is 0 Å². The van der Waals surface area contributed by atoms with E-state index in [1.807, 2.05) is 13.8 Å². The Kier molecular flexibility index (Phi) is 3.85. The molecule has 0 spiro atoms. The maximum Gasteiger partial charge on any atom is 0.337 e. The van der Waals surface area contributed by atoms with Crippen LogP contribution in [0.2, 0.25) is 0 Å². The van der Waals surface area contributed by atoms with Crippen molar-refractivity contribution in [2.24, 2.45) is 0 Å². The number of ether oxygens (including phenoxy) is 2. The van der Waals surface area contributed by atoms with Crippen LogP contribution in [0.25, 0.3) is 0 Å². The van der Waals surface area contributed by atoms with E-state index in [2.05, 4.69) is 9.72 Å². The van der Waals surface area contributed by atoms with Gasteiger partial charge in [0.15, 0.2) is 6.61 Å². The zero-order chi connectivity index (χ0) is 13.8. The molecule has 19 heavy (non-hydrogen) atoms. The molecule has 5 heteroatoms. The summed E-state index contributed by atoms with van der Waals surface area (Å²) in [4.78, 5) is 15.5. The standard InChI is InChI=1S/C14H15NO4/c1-9-10(2)19-13(15-9)8-18-12-6-4-11(5-7-12)14(16)17-3/h4-7H,8H2,1-3H3. The molecule has 2 rings (SSSR count). The van der Waals surface area contributed by atoms with Gasteiger partial charge in [-0.2, -0.15) is 0 Å². The quantitative estimate of drug-likeness (QED) is 0.792. The lowest BCUT2D eigenvalue weighted by molar-refractivity contribution is 0.0600. The number of esters is 1. The van der Waals surface area contributed by atoms with E-state index in [0.717, 1.165) is 11.5 Å². The minimum absolute atomic E-state index is 0.256. The maximum absolute atomic E-state index is 11.3. The number of aryl methyl sites for hydroxylation is 2. The Hall–Kier alpha value is -2.30. The molecule has 1 aromatic heterocycles. The van der Waals surface area contributed by atoms with Crippen molar-refractivity contribution in [3.8, 4) is 5.75 Å². The Morgan fingerprint density at radius 3 is 2.47 bits per heavy atom. The van der Waals surface area contributed by atoms with Gasteiger partial charge in [-0.25, -0.2) is 9.78 Å². The van der Waals surface area contributed by atoms with E-state index >= 15 is 0 Å². The SMILES string of the molecule is COC(=O)c1ccc(OCc2nc(C)c(C)o2)cc1. The topological polar surface area (TPSA) is 61.6 Å². The molecule has 5 nitrogen and oxygen atoms in total. The molecule has 1 aromatic carbocycles. The normalized spacial score (nSPS) is 10.3. The first kappa shape index (κ1) is 13.1. The average molecular weight is 261 g/mol. The first-order valence-corrected chi connectivity index (χ1v) is 5.84. The van der Waals surface area contributed by atoms with Gasteiger partial charge in [0.2, 0.25) is 5.89 Å². The third kappa shape index (κ3) is 3.13. The Balaban J connectivity index is 1.98. The van der Waals surface area contributed by atoms with Crippen LogP contribution in [0, 0.1) is 13.8 Å². The molecule has 0 fully saturated rings. The summed E-state index contributed by atoms with van der Waals surface area (Å²) in [5.41, 5.74) is 1.34. The third-order valence-corrected chi connectivity index (χ3v) is 2.71. The molecule has 2 aromatic rings. The van der Waals surface area contributed by atoms with Crippen molar-refractivity contribution in [3.63, 3.8) is 0 Å². The summed E-state index contributed by atoms with van der Waals surface area (Å²) in [6, 6.07) is 6.70. The van der Waals surface area contributed by atoms with E-state index in [1.165, 1.54) is 7.11 Å². The highest BCUT2D eigenvalue weighted by Crippen LogP contribution is 2.15. The van der Waals surface area contributed by atoms with Gasteiger partial charge in [-0.1, -0.05) is 0 Å². The van der Waals surface area contributed by atoms with Gasteiger partial charge in [-0.15, -0.1) is 0 Å².